The number of carboxylic acid groups (broad SMARTS) is 1. The predicted molar refractivity (Wildman–Crippen MR) is 54.1 cm³/mol. The third-order valence-electron chi connectivity index (χ3n) is 1.54. The molecule has 0 fully saturated rings. The molecule has 0 aromatic heterocycles. The van der Waals surface area contributed by atoms with Crippen LogP contribution in [-0.4, -0.2) is 35.7 Å². The lowest BCUT2D eigenvalue weighted by Crippen LogP contribution is -2.32. The molecular weight excluding hydrogens is 202 g/mol. The van der Waals surface area contributed by atoms with E-state index in [1.54, 1.807) is 0 Å². The molecular formula is C7H15N5O3. The van der Waals surface area contributed by atoms with Crippen LogP contribution in [0.5, 0.6) is 0 Å². The van der Waals surface area contributed by atoms with Gasteiger partial charge in [0.2, 0.25) is 0 Å². The Morgan fingerprint density at radius 1 is 1.33 bits per heavy atom. The SMILES string of the molecule is NC(=O)NCCC[C@H](N=C(N)N)C(=O)O. The molecule has 0 aromatic rings. The molecule has 8 heteroatoms. The Bertz CT molecular complexity index is 261. The highest BCUT2D eigenvalue weighted by Gasteiger charge is 2.15. The summed E-state index contributed by atoms with van der Waals surface area (Å²) in [5.41, 5.74) is 14.9. The van der Waals surface area contributed by atoms with Crippen LogP contribution < -0.4 is 22.5 Å². The molecule has 8 N–H and O–H groups in total. The zero-order valence-electron chi connectivity index (χ0n) is 8.14. The van der Waals surface area contributed by atoms with Crippen LogP contribution in [-0.2, 0) is 4.79 Å². The Kier molecular flexibility index (Phi) is 5.60. The van der Waals surface area contributed by atoms with Crippen molar-refractivity contribution in [3.63, 3.8) is 0 Å². The minimum Gasteiger partial charge on any atom is -0.480 e. The minimum absolute atomic E-state index is 0.230. The van der Waals surface area contributed by atoms with E-state index in [-0.39, 0.29) is 12.4 Å². The van der Waals surface area contributed by atoms with Crippen LogP contribution >= 0.6 is 0 Å². The fourth-order valence-corrected chi connectivity index (χ4v) is 0.930. The first kappa shape index (κ1) is 13.0. The molecule has 0 bridgehead atoms. The number of carbonyl (C=O) groups is 2. The van der Waals surface area contributed by atoms with Gasteiger partial charge >= 0.3 is 12.0 Å². The molecule has 0 unspecified atom stereocenters. The number of carbonyl (C=O) groups excluding carboxylic acids is 1. The van der Waals surface area contributed by atoms with Crippen LogP contribution in [0.3, 0.4) is 0 Å². The van der Waals surface area contributed by atoms with Gasteiger partial charge in [-0.1, -0.05) is 0 Å². The number of guanidine groups is 1. The van der Waals surface area contributed by atoms with Crippen LogP contribution in [0.15, 0.2) is 4.99 Å². The van der Waals surface area contributed by atoms with Crippen molar-refractivity contribution in [3.8, 4) is 0 Å². The molecule has 8 nitrogen and oxygen atoms in total. The van der Waals surface area contributed by atoms with Crippen LogP contribution in [0.25, 0.3) is 0 Å². The summed E-state index contributed by atoms with van der Waals surface area (Å²) in [6.45, 7) is 0.291. The number of primary amides is 1. The monoisotopic (exact) mass is 217 g/mol. The van der Waals surface area contributed by atoms with Crippen molar-refractivity contribution >= 4 is 18.0 Å². The smallest absolute Gasteiger partial charge is 0.328 e. The summed E-state index contributed by atoms with van der Waals surface area (Å²) in [6, 6.07) is -1.63. The summed E-state index contributed by atoms with van der Waals surface area (Å²) >= 11 is 0. The lowest BCUT2D eigenvalue weighted by Gasteiger charge is -2.07. The Balaban J connectivity index is 3.93. The predicted octanol–water partition coefficient (Wildman–Crippen LogP) is -1.84. The zero-order chi connectivity index (χ0) is 11.8. The van der Waals surface area contributed by atoms with Crippen LogP contribution in [0.1, 0.15) is 12.8 Å². The largest absolute Gasteiger partial charge is 0.480 e. The number of rotatable bonds is 6. The van der Waals surface area contributed by atoms with Crippen molar-refractivity contribution in [1.82, 2.24) is 5.32 Å². The van der Waals surface area contributed by atoms with E-state index in [1.807, 2.05) is 0 Å². The summed E-state index contributed by atoms with van der Waals surface area (Å²) in [7, 11) is 0. The highest BCUT2D eigenvalue weighted by atomic mass is 16.4. The maximum atomic E-state index is 10.6. The topological polar surface area (TPSA) is 157 Å². The number of urea groups is 1. The number of amides is 2. The van der Waals surface area contributed by atoms with Crippen molar-refractivity contribution in [3.05, 3.63) is 0 Å². The van der Waals surface area contributed by atoms with Gasteiger partial charge in [-0.3, -0.25) is 0 Å². The molecule has 15 heavy (non-hydrogen) atoms. The van der Waals surface area contributed by atoms with E-state index >= 15 is 0 Å². The standard InChI is InChI=1S/C7H15N5O3/c8-6(9)12-4(5(13)14)2-1-3-11-7(10)15/h4H,1-3H2,(H,13,14)(H4,8,9,12)(H3,10,11,15)/t4-/m0/s1. The Labute approximate surface area is 86.5 Å². The van der Waals surface area contributed by atoms with Gasteiger partial charge in [0, 0.05) is 6.54 Å². The quantitative estimate of drug-likeness (QED) is 0.201. The van der Waals surface area contributed by atoms with Gasteiger partial charge in [-0.25, -0.2) is 14.6 Å². The van der Waals surface area contributed by atoms with E-state index in [1.165, 1.54) is 0 Å². The number of hydrogen-bond donors (Lipinski definition) is 5. The summed E-state index contributed by atoms with van der Waals surface area (Å²) in [5, 5.41) is 11.0. The van der Waals surface area contributed by atoms with E-state index in [2.05, 4.69) is 10.3 Å². The first-order valence-corrected chi connectivity index (χ1v) is 4.28. The molecule has 0 aliphatic carbocycles. The second kappa shape index (κ2) is 6.46. The first-order valence-electron chi connectivity index (χ1n) is 4.28. The number of carboxylic acids is 1. The van der Waals surface area contributed by atoms with Crippen LogP contribution in [0, 0.1) is 0 Å². The molecule has 0 saturated heterocycles. The average Bonchev–Trinajstić information content (AvgIpc) is 2.08. The van der Waals surface area contributed by atoms with Gasteiger partial charge < -0.3 is 27.6 Å². The number of nitrogens with two attached hydrogens (primary N) is 3. The average molecular weight is 217 g/mol. The van der Waals surface area contributed by atoms with Crippen molar-refractivity contribution in [2.75, 3.05) is 6.54 Å². The summed E-state index contributed by atoms with van der Waals surface area (Å²) in [4.78, 5) is 24.4. The van der Waals surface area contributed by atoms with Gasteiger partial charge in [-0.05, 0) is 12.8 Å². The van der Waals surface area contributed by atoms with Gasteiger partial charge in [0.05, 0.1) is 0 Å². The van der Waals surface area contributed by atoms with Gasteiger partial charge in [-0.15, -0.1) is 0 Å². The fraction of sp³-hybridized carbons (Fsp3) is 0.571. The maximum Gasteiger partial charge on any atom is 0.328 e. The minimum atomic E-state index is -1.11. The van der Waals surface area contributed by atoms with E-state index in [9.17, 15) is 9.59 Å². The molecule has 0 rings (SSSR count). The van der Waals surface area contributed by atoms with Crippen molar-refractivity contribution in [1.29, 1.82) is 0 Å². The highest BCUT2D eigenvalue weighted by molar-refractivity contribution is 5.81. The lowest BCUT2D eigenvalue weighted by atomic mass is 10.1. The van der Waals surface area contributed by atoms with E-state index in [0.717, 1.165) is 0 Å². The normalized spacial score (nSPS) is 11.5. The molecule has 0 spiro atoms. The van der Waals surface area contributed by atoms with Crippen LogP contribution in [0.2, 0.25) is 0 Å². The third-order valence-corrected chi connectivity index (χ3v) is 1.54. The molecule has 0 heterocycles. The van der Waals surface area contributed by atoms with Gasteiger partial charge in [0.15, 0.2) is 12.0 Å². The highest BCUT2D eigenvalue weighted by Crippen LogP contribution is 2.01. The Morgan fingerprint density at radius 2 is 1.93 bits per heavy atom. The van der Waals surface area contributed by atoms with Gasteiger partial charge in [0.25, 0.3) is 0 Å². The lowest BCUT2D eigenvalue weighted by molar-refractivity contribution is -0.138. The second-order valence-electron chi connectivity index (χ2n) is 2.84. The zero-order valence-corrected chi connectivity index (χ0v) is 8.14. The molecule has 0 aliphatic heterocycles. The molecule has 2 amide bonds. The number of nitrogens with one attached hydrogen (secondary N) is 1. The summed E-state index contributed by atoms with van der Waals surface area (Å²) < 4.78 is 0. The first-order chi connectivity index (χ1) is 6.93. The van der Waals surface area contributed by atoms with Crippen molar-refractivity contribution in [2.45, 2.75) is 18.9 Å². The number of aliphatic carboxylic acids is 1. The van der Waals surface area contributed by atoms with Crippen LogP contribution in [0.4, 0.5) is 4.79 Å². The molecule has 86 valence electrons. The molecule has 1 atom stereocenters. The van der Waals surface area contributed by atoms with E-state index in [0.29, 0.717) is 13.0 Å². The Hall–Kier alpha value is -1.99. The number of hydrogen-bond acceptors (Lipinski definition) is 3. The maximum absolute atomic E-state index is 10.6. The van der Waals surface area contributed by atoms with E-state index in [4.69, 9.17) is 22.3 Å². The molecule has 0 saturated carbocycles. The number of aliphatic imine (C=N–C) groups is 1. The molecule has 0 radical (unpaired) electrons. The second-order valence-corrected chi connectivity index (χ2v) is 2.84. The fourth-order valence-electron chi connectivity index (χ4n) is 0.930. The van der Waals surface area contributed by atoms with Gasteiger partial charge in [-0.2, -0.15) is 0 Å². The van der Waals surface area contributed by atoms with E-state index < -0.39 is 18.0 Å². The molecule has 0 aliphatic rings. The molecule has 0 aromatic carbocycles. The third kappa shape index (κ3) is 7.11. The summed E-state index contributed by atoms with van der Waals surface area (Å²) in [6.07, 6.45) is 0.657. The van der Waals surface area contributed by atoms with Gasteiger partial charge in [0.1, 0.15) is 0 Å². The summed E-state index contributed by atoms with van der Waals surface area (Å²) in [5.74, 6) is -1.38. The Morgan fingerprint density at radius 3 is 2.33 bits per heavy atom. The number of nitrogens with zero attached hydrogens (tertiary/aromatic N) is 1. The van der Waals surface area contributed by atoms with Crippen molar-refractivity contribution < 1.29 is 14.7 Å². The van der Waals surface area contributed by atoms with Crippen molar-refractivity contribution in [2.24, 2.45) is 22.2 Å².